The van der Waals surface area contributed by atoms with Crippen LogP contribution in [0.5, 0.6) is 0 Å². The summed E-state index contributed by atoms with van der Waals surface area (Å²) in [7, 11) is 1.69. The van der Waals surface area contributed by atoms with Crippen molar-refractivity contribution in [2.24, 2.45) is 11.3 Å². The van der Waals surface area contributed by atoms with E-state index in [9.17, 15) is 4.79 Å². The number of benzene rings is 1. The molecule has 1 aliphatic rings. The first-order chi connectivity index (χ1) is 16.9. The zero-order valence-corrected chi connectivity index (χ0v) is 21.0. The lowest BCUT2D eigenvalue weighted by atomic mass is 9.86. The molecule has 1 saturated carbocycles. The molecule has 0 unspecified atom stereocenters. The van der Waals surface area contributed by atoms with Gasteiger partial charge in [-0.15, -0.1) is 0 Å². The number of halogens is 1. The Kier molecular flexibility index (Phi) is 6.11. The van der Waals surface area contributed by atoms with E-state index in [4.69, 9.17) is 16.0 Å². The largest absolute Gasteiger partial charge is 0.445 e. The maximum atomic E-state index is 12.3. The first-order valence-corrected chi connectivity index (χ1v) is 12.2. The third-order valence-corrected chi connectivity index (χ3v) is 7.35. The van der Waals surface area contributed by atoms with Crippen LogP contribution in [0.1, 0.15) is 37.6 Å². The van der Waals surface area contributed by atoms with E-state index >= 15 is 0 Å². The van der Waals surface area contributed by atoms with Gasteiger partial charge in [0.05, 0.1) is 17.3 Å². The molecule has 3 aromatic heterocycles. The number of fused-ring (bicyclic) bond motifs is 1. The summed E-state index contributed by atoms with van der Waals surface area (Å²) in [5.41, 5.74) is 2.71. The third-order valence-electron chi connectivity index (χ3n) is 6.76. The van der Waals surface area contributed by atoms with Crippen LogP contribution in [0.15, 0.2) is 45.9 Å². The van der Waals surface area contributed by atoms with Gasteiger partial charge in [-0.2, -0.15) is 5.10 Å². The van der Waals surface area contributed by atoms with E-state index in [0.29, 0.717) is 28.5 Å². The van der Waals surface area contributed by atoms with Crippen LogP contribution in [0, 0.1) is 17.9 Å². The van der Waals surface area contributed by atoms with Crippen LogP contribution in [0.25, 0.3) is 33.0 Å². The lowest BCUT2D eigenvalue weighted by Gasteiger charge is -2.21. The van der Waals surface area contributed by atoms with Gasteiger partial charge in [0.25, 0.3) is 0 Å². The van der Waals surface area contributed by atoms with Crippen LogP contribution in [-0.2, 0) is 17.8 Å². The SMILES string of the molecule is [C-]#[N+]Cc1cc(-n2nc(Br)c3cnc(C[C@@H]4CC[C@@](C)(C(=O)NC)C4)nc32)ccc1-c1ncco1. The van der Waals surface area contributed by atoms with Gasteiger partial charge in [0.1, 0.15) is 16.7 Å². The molecule has 35 heavy (non-hydrogen) atoms. The molecule has 0 radical (unpaired) electrons. The number of carbonyl (C=O) groups excluding carboxylic acids is 1. The minimum absolute atomic E-state index is 0.0989. The van der Waals surface area contributed by atoms with Crippen molar-refractivity contribution in [1.82, 2.24) is 30.0 Å². The summed E-state index contributed by atoms with van der Waals surface area (Å²) in [6, 6.07) is 5.73. The highest BCUT2D eigenvalue weighted by atomic mass is 79.9. The Labute approximate surface area is 210 Å². The summed E-state index contributed by atoms with van der Waals surface area (Å²) >= 11 is 3.53. The van der Waals surface area contributed by atoms with Crippen LogP contribution in [-0.4, -0.2) is 37.7 Å². The molecule has 1 amide bonds. The second-order valence-corrected chi connectivity index (χ2v) is 9.92. The molecule has 1 fully saturated rings. The number of nitrogens with zero attached hydrogens (tertiary/aromatic N) is 6. The molecule has 1 aromatic carbocycles. The van der Waals surface area contributed by atoms with Gasteiger partial charge in [-0.1, -0.05) is 6.92 Å². The van der Waals surface area contributed by atoms with Crippen molar-refractivity contribution in [3.8, 4) is 17.1 Å². The van der Waals surface area contributed by atoms with Crippen molar-refractivity contribution in [3.63, 3.8) is 0 Å². The Morgan fingerprint density at radius 2 is 2.26 bits per heavy atom. The van der Waals surface area contributed by atoms with Crippen molar-refractivity contribution in [3.05, 3.63) is 64.3 Å². The van der Waals surface area contributed by atoms with E-state index in [2.05, 4.69) is 41.2 Å². The summed E-state index contributed by atoms with van der Waals surface area (Å²) in [4.78, 5) is 29.5. The van der Waals surface area contributed by atoms with Crippen molar-refractivity contribution in [1.29, 1.82) is 0 Å². The zero-order valence-electron chi connectivity index (χ0n) is 19.5. The van der Waals surface area contributed by atoms with Gasteiger partial charge >= 0.3 is 0 Å². The molecule has 0 aliphatic heterocycles. The zero-order chi connectivity index (χ0) is 24.6. The summed E-state index contributed by atoms with van der Waals surface area (Å²) in [5.74, 6) is 1.66. The van der Waals surface area contributed by atoms with Gasteiger partial charge in [-0.3, -0.25) is 4.79 Å². The smallest absolute Gasteiger partial charge is 0.240 e. The molecule has 0 bridgehead atoms. The van der Waals surface area contributed by atoms with Gasteiger partial charge in [-0.05, 0) is 59.3 Å². The molecule has 0 saturated heterocycles. The molecular weight excluding hydrogens is 510 g/mol. The van der Waals surface area contributed by atoms with Crippen LogP contribution in [0.4, 0.5) is 0 Å². The van der Waals surface area contributed by atoms with Crippen LogP contribution < -0.4 is 5.32 Å². The molecule has 1 aliphatic carbocycles. The van der Waals surface area contributed by atoms with Gasteiger partial charge in [-0.25, -0.2) is 26.2 Å². The minimum Gasteiger partial charge on any atom is -0.445 e. The number of carbonyl (C=O) groups is 1. The lowest BCUT2D eigenvalue weighted by Crippen LogP contribution is -2.35. The molecule has 10 heteroatoms. The van der Waals surface area contributed by atoms with Crippen LogP contribution in [0.3, 0.4) is 0 Å². The van der Waals surface area contributed by atoms with E-state index in [0.717, 1.165) is 47.3 Å². The molecule has 4 aromatic rings. The average molecular weight is 534 g/mol. The number of amides is 1. The Hall–Kier alpha value is -3.58. The third kappa shape index (κ3) is 4.32. The maximum Gasteiger partial charge on any atom is 0.240 e. The molecule has 0 spiro atoms. The fraction of sp³-hybridized carbons (Fsp3) is 0.360. The van der Waals surface area contributed by atoms with Crippen molar-refractivity contribution in [2.45, 2.75) is 39.2 Å². The highest BCUT2D eigenvalue weighted by Gasteiger charge is 2.40. The van der Waals surface area contributed by atoms with E-state index in [1.54, 1.807) is 24.1 Å². The normalized spacial score (nSPS) is 19.7. The summed E-state index contributed by atoms with van der Waals surface area (Å²) in [6.07, 6.45) is 8.25. The van der Waals surface area contributed by atoms with E-state index < -0.39 is 0 Å². The van der Waals surface area contributed by atoms with Crippen molar-refractivity contribution in [2.75, 3.05) is 7.05 Å². The molecule has 3 heterocycles. The predicted molar refractivity (Wildman–Crippen MR) is 133 cm³/mol. The van der Waals surface area contributed by atoms with Gasteiger partial charge in [0.2, 0.25) is 18.3 Å². The highest BCUT2D eigenvalue weighted by Crippen LogP contribution is 2.42. The summed E-state index contributed by atoms with van der Waals surface area (Å²) < 4.78 is 7.87. The summed E-state index contributed by atoms with van der Waals surface area (Å²) in [5, 5.41) is 8.25. The van der Waals surface area contributed by atoms with Gasteiger partial charge < -0.3 is 14.6 Å². The van der Waals surface area contributed by atoms with Crippen molar-refractivity contribution >= 4 is 32.9 Å². The van der Waals surface area contributed by atoms with Crippen molar-refractivity contribution < 1.29 is 9.21 Å². The van der Waals surface area contributed by atoms with Crippen LogP contribution >= 0.6 is 15.9 Å². The second-order valence-electron chi connectivity index (χ2n) is 9.17. The predicted octanol–water partition coefficient (Wildman–Crippen LogP) is 4.75. The number of nitrogens with one attached hydrogen (secondary N) is 1. The fourth-order valence-electron chi connectivity index (χ4n) is 4.98. The van der Waals surface area contributed by atoms with E-state index in [-0.39, 0.29) is 17.9 Å². The Balaban J connectivity index is 1.48. The van der Waals surface area contributed by atoms with Gasteiger partial charge in [0.15, 0.2) is 5.65 Å². The Morgan fingerprint density at radius 1 is 1.40 bits per heavy atom. The Bertz CT molecular complexity index is 1440. The van der Waals surface area contributed by atoms with E-state index in [1.165, 1.54) is 6.26 Å². The molecule has 2 atom stereocenters. The number of aromatic nitrogens is 5. The molecule has 178 valence electrons. The monoisotopic (exact) mass is 533 g/mol. The maximum absolute atomic E-state index is 12.3. The average Bonchev–Trinajstić information content (AvgIpc) is 3.59. The first kappa shape index (κ1) is 23.2. The van der Waals surface area contributed by atoms with Gasteiger partial charge in [0, 0.05) is 36.2 Å². The number of hydrogen-bond donors (Lipinski definition) is 1. The standard InChI is InChI=1S/C25H24BrN7O2/c1-25(24(34)28-3)7-6-15(12-25)10-20-30-14-19-21(26)32-33(22(19)31-20)17-4-5-18(16(11-17)13-27-2)23-29-8-9-35-23/h4-5,8-9,11,14-15H,6-7,10,12-13H2,1,3H3,(H,28,34)/t15-,25+/m0/s1. The molecule has 9 nitrogen and oxygen atoms in total. The molecule has 5 rings (SSSR count). The minimum atomic E-state index is -0.335. The van der Waals surface area contributed by atoms with E-state index in [1.807, 2.05) is 25.1 Å². The quantitative estimate of drug-likeness (QED) is 0.359. The molecular formula is C25H24BrN7O2. The fourth-order valence-corrected chi connectivity index (χ4v) is 5.42. The Morgan fingerprint density at radius 3 is 3.00 bits per heavy atom. The first-order valence-electron chi connectivity index (χ1n) is 11.4. The molecule has 1 N–H and O–H groups in total. The number of hydrogen-bond acceptors (Lipinski definition) is 6. The lowest BCUT2D eigenvalue weighted by molar-refractivity contribution is -0.129. The highest BCUT2D eigenvalue weighted by molar-refractivity contribution is 9.10. The topological polar surface area (TPSA) is 103 Å². The number of rotatable bonds is 6. The second kappa shape index (κ2) is 9.23. The van der Waals surface area contributed by atoms with Crippen LogP contribution in [0.2, 0.25) is 0 Å². The number of oxazole rings is 1. The summed E-state index contributed by atoms with van der Waals surface area (Å²) in [6.45, 7) is 9.60.